The van der Waals surface area contributed by atoms with Gasteiger partial charge in [-0.15, -0.1) is 11.3 Å². The summed E-state index contributed by atoms with van der Waals surface area (Å²) in [5.74, 6) is 5.41. The minimum atomic E-state index is -0.313. The Bertz CT molecular complexity index is 578. The monoisotopic (exact) mass is 276 g/mol. The Kier molecular flexibility index (Phi) is 4.27. The summed E-state index contributed by atoms with van der Waals surface area (Å²) in [4.78, 5) is 23.2. The van der Waals surface area contributed by atoms with Crippen LogP contribution in [0.2, 0.25) is 0 Å². The molecule has 98 valence electrons. The Labute approximate surface area is 114 Å². The lowest BCUT2D eigenvalue weighted by Gasteiger charge is -2.04. The van der Waals surface area contributed by atoms with Gasteiger partial charge in [0.15, 0.2) is 0 Å². The number of carbonyl (C=O) groups excluding carboxylic acids is 2. The molecule has 6 heteroatoms. The van der Waals surface area contributed by atoms with Gasteiger partial charge in [0.05, 0.1) is 4.88 Å². The second kappa shape index (κ2) is 6.12. The summed E-state index contributed by atoms with van der Waals surface area (Å²) in [6, 6.07) is 10.3. The maximum absolute atomic E-state index is 11.3. The smallest absolute Gasteiger partial charge is 0.275 e. The molecule has 0 radical (unpaired) electrons. The van der Waals surface area contributed by atoms with Crippen LogP contribution in [-0.2, 0) is 6.61 Å². The van der Waals surface area contributed by atoms with E-state index in [4.69, 9.17) is 10.6 Å². The number of amides is 1. The quantitative estimate of drug-likeness (QED) is 0.377. The van der Waals surface area contributed by atoms with Crippen molar-refractivity contribution in [3.63, 3.8) is 0 Å². The summed E-state index contributed by atoms with van der Waals surface area (Å²) in [6.07, 6.45) is 0.779. The zero-order valence-corrected chi connectivity index (χ0v) is 10.8. The van der Waals surface area contributed by atoms with E-state index in [-0.39, 0.29) is 5.91 Å². The average molecular weight is 276 g/mol. The fraction of sp³-hybridized carbons (Fsp3) is 0.0769. The first kappa shape index (κ1) is 13.3. The lowest BCUT2D eigenvalue weighted by molar-refractivity contribution is 0.0957. The number of carbonyl (C=O) groups is 2. The number of hydrogen-bond donors (Lipinski definition) is 2. The minimum absolute atomic E-state index is 0.313. The average Bonchev–Trinajstić information content (AvgIpc) is 2.93. The molecule has 0 aliphatic carbocycles. The Morgan fingerprint density at radius 3 is 2.63 bits per heavy atom. The van der Waals surface area contributed by atoms with Gasteiger partial charge in [0, 0.05) is 10.4 Å². The predicted molar refractivity (Wildman–Crippen MR) is 72.1 cm³/mol. The van der Waals surface area contributed by atoms with Crippen molar-refractivity contribution in [2.45, 2.75) is 6.61 Å². The molecule has 0 atom stereocenters. The fourth-order valence-electron chi connectivity index (χ4n) is 1.45. The number of aldehydes is 1. The van der Waals surface area contributed by atoms with Gasteiger partial charge < -0.3 is 4.74 Å². The molecule has 0 saturated carbocycles. The second-order valence-electron chi connectivity index (χ2n) is 3.71. The summed E-state index contributed by atoms with van der Waals surface area (Å²) in [5, 5.41) is 0. The van der Waals surface area contributed by atoms with Crippen LogP contribution in [-0.4, -0.2) is 12.2 Å². The van der Waals surface area contributed by atoms with E-state index in [1.165, 1.54) is 11.3 Å². The van der Waals surface area contributed by atoms with Crippen LogP contribution in [0.25, 0.3) is 0 Å². The number of hydrogen-bond acceptors (Lipinski definition) is 5. The summed E-state index contributed by atoms with van der Waals surface area (Å²) in [6.45, 7) is 0.364. The van der Waals surface area contributed by atoms with Gasteiger partial charge in [-0.3, -0.25) is 15.0 Å². The van der Waals surface area contributed by atoms with Crippen LogP contribution in [0.5, 0.6) is 5.75 Å². The van der Waals surface area contributed by atoms with Crippen molar-refractivity contribution in [3.8, 4) is 5.75 Å². The van der Waals surface area contributed by atoms with Gasteiger partial charge in [-0.2, -0.15) is 0 Å². The molecule has 2 rings (SSSR count). The summed E-state index contributed by atoms with van der Waals surface area (Å²) < 4.78 is 5.55. The molecule has 19 heavy (non-hydrogen) atoms. The first-order chi connectivity index (χ1) is 9.22. The van der Waals surface area contributed by atoms with Crippen molar-refractivity contribution < 1.29 is 14.3 Å². The van der Waals surface area contributed by atoms with Gasteiger partial charge in [0.25, 0.3) is 5.91 Å². The zero-order chi connectivity index (χ0) is 13.7. The molecule has 0 unspecified atom stereocenters. The van der Waals surface area contributed by atoms with Crippen molar-refractivity contribution in [2.75, 3.05) is 0 Å². The maximum atomic E-state index is 11.3. The van der Waals surface area contributed by atoms with E-state index in [0.29, 0.717) is 22.8 Å². The van der Waals surface area contributed by atoms with Crippen molar-refractivity contribution in [3.05, 3.63) is 51.7 Å². The van der Waals surface area contributed by atoms with Crippen LogP contribution >= 0.6 is 11.3 Å². The van der Waals surface area contributed by atoms with Crippen LogP contribution in [0.4, 0.5) is 0 Å². The Morgan fingerprint density at radius 1 is 1.26 bits per heavy atom. The number of nitrogens with one attached hydrogen (secondary N) is 1. The highest BCUT2D eigenvalue weighted by Crippen LogP contribution is 2.19. The van der Waals surface area contributed by atoms with Crippen LogP contribution in [0, 0.1) is 0 Å². The van der Waals surface area contributed by atoms with Gasteiger partial charge in [-0.1, -0.05) is 0 Å². The van der Waals surface area contributed by atoms with Gasteiger partial charge >= 0.3 is 0 Å². The molecular weight excluding hydrogens is 264 g/mol. The topological polar surface area (TPSA) is 81.4 Å². The molecular formula is C13H12N2O3S. The number of rotatable bonds is 5. The Morgan fingerprint density at radius 2 is 2.00 bits per heavy atom. The van der Waals surface area contributed by atoms with Crippen molar-refractivity contribution in [1.82, 2.24) is 5.43 Å². The third-order valence-electron chi connectivity index (χ3n) is 2.41. The molecule has 1 heterocycles. The third-order valence-corrected chi connectivity index (χ3v) is 3.47. The third kappa shape index (κ3) is 3.40. The standard InChI is InChI=1S/C13H12N2O3S/c14-15-13(17)12-6-5-11(19-12)8-18-10-3-1-9(7-16)2-4-10/h1-7H,8,14H2,(H,15,17). The number of nitrogens with two attached hydrogens (primary N) is 1. The Balaban J connectivity index is 1.96. The normalized spacial score (nSPS) is 9.95. The second-order valence-corrected chi connectivity index (χ2v) is 4.88. The predicted octanol–water partition coefficient (Wildman–Crippen LogP) is 1.74. The molecule has 0 spiro atoms. The highest BCUT2D eigenvalue weighted by atomic mass is 32.1. The molecule has 1 aromatic carbocycles. The van der Waals surface area contributed by atoms with Crippen molar-refractivity contribution in [2.24, 2.45) is 5.84 Å². The number of thiophene rings is 1. The molecule has 5 nitrogen and oxygen atoms in total. The van der Waals surface area contributed by atoms with Crippen molar-refractivity contribution in [1.29, 1.82) is 0 Å². The number of ether oxygens (including phenoxy) is 1. The first-order valence-electron chi connectivity index (χ1n) is 5.50. The summed E-state index contributed by atoms with van der Waals surface area (Å²) in [7, 11) is 0. The van der Waals surface area contributed by atoms with Crippen molar-refractivity contribution >= 4 is 23.5 Å². The lowest BCUT2D eigenvalue weighted by Crippen LogP contribution is -2.29. The van der Waals surface area contributed by atoms with Crippen LogP contribution < -0.4 is 16.0 Å². The number of benzene rings is 1. The first-order valence-corrected chi connectivity index (χ1v) is 6.32. The highest BCUT2D eigenvalue weighted by Gasteiger charge is 2.07. The molecule has 1 amide bonds. The van der Waals surface area contributed by atoms with E-state index in [1.807, 2.05) is 6.07 Å². The van der Waals surface area contributed by atoms with Gasteiger partial charge in [0.2, 0.25) is 0 Å². The molecule has 0 bridgehead atoms. The number of hydrazine groups is 1. The summed E-state index contributed by atoms with van der Waals surface area (Å²) >= 11 is 1.32. The highest BCUT2D eigenvalue weighted by molar-refractivity contribution is 7.14. The Hall–Kier alpha value is -2.18. The largest absolute Gasteiger partial charge is 0.488 e. The van der Waals surface area contributed by atoms with Gasteiger partial charge in [-0.25, -0.2) is 5.84 Å². The number of nitrogen functional groups attached to an aromatic ring is 1. The fourth-order valence-corrected chi connectivity index (χ4v) is 2.27. The van der Waals surface area contributed by atoms with E-state index in [0.717, 1.165) is 11.2 Å². The van der Waals surface area contributed by atoms with Gasteiger partial charge in [0.1, 0.15) is 18.6 Å². The van der Waals surface area contributed by atoms with Crippen LogP contribution in [0.15, 0.2) is 36.4 Å². The van der Waals surface area contributed by atoms with E-state index >= 15 is 0 Å². The molecule has 0 aliphatic heterocycles. The van der Waals surface area contributed by atoms with Gasteiger partial charge in [-0.05, 0) is 36.4 Å². The van der Waals surface area contributed by atoms with E-state index < -0.39 is 0 Å². The zero-order valence-electron chi connectivity index (χ0n) is 9.96. The lowest BCUT2D eigenvalue weighted by atomic mass is 10.2. The van der Waals surface area contributed by atoms with Crippen LogP contribution in [0.1, 0.15) is 24.9 Å². The molecule has 0 aliphatic rings. The minimum Gasteiger partial charge on any atom is -0.488 e. The molecule has 0 fully saturated rings. The maximum Gasteiger partial charge on any atom is 0.275 e. The molecule has 0 saturated heterocycles. The summed E-state index contributed by atoms with van der Waals surface area (Å²) in [5.41, 5.74) is 2.68. The molecule has 1 aromatic heterocycles. The van der Waals surface area contributed by atoms with Crippen LogP contribution in [0.3, 0.4) is 0 Å². The van der Waals surface area contributed by atoms with E-state index in [9.17, 15) is 9.59 Å². The molecule has 3 N–H and O–H groups in total. The molecule has 2 aromatic rings. The van der Waals surface area contributed by atoms with E-state index in [2.05, 4.69) is 5.43 Å². The van der Waals surface area contributed by atoms with E-state index in [1.54, 1.807) is 30.3 Å². The SMILES string of the molecule is NNC(=O)c1ccc(COc2ccc(C=O)cc2)s1.